The zero-order valence-electron chi connectivity index (χ0n) is 28.4. The van der Waals surface area contributed by atoms with Crippen molar-refractivity contribution in [3.8, 4) is 17.2 Å². The summed E-state index contributed by atoms with van der Waals surface area (Å²) < 4.78 is 28.4. The van der Waals surface area contributed by atoms with Gasteiger partial charge in [0.25, 0.3) is 0 Å². The van der Waals surface area contributed by atoms with Crippen molar-refractivity contribution in [2.75, 3.05) is 48.1 Å². The molecule has 13 heteroatoms. The van der Waals surface area contributed by atoms with Gasteiger partial charge in [0.15, 0.2) is 11.5 Å². The fourth-order valence-electron chi connectivity index (χ4n) is 5.81. The summed E-state index contributed by atoms with van der Waals surface area (Å²) in [4.78, 5) is 34.7. The van der Waals surface area contributed by atoms with Gasteiger partial charge in [0.1, 0.15) is 22.8 Å². The van der Waals surface area contributed by atoms with Crippen LogP contribution in [0, 0.1) is 5.92 Å². The first-order valence-electron chi connectivity index (χ1n) is 16.2. The number of ether oxygens (including phenoxy) is 5. The molecule has 1 unspecified atom stereocenters. The summed E-state index contributed by atoms with van der Waals surface area (Å²) in [7, 11) is 6.76. The molecule has 5 rings (SSSR count). The number of pyridine rings is 1. The van der Waals surface area contributed by atoms with E-state index in [2.05, 4.69) is 22.2 Å². The Morgan fingerprint density at radius 2 is 1.64 bits per heavy atom. The number of carbonyl (C=O) groups is 2. The number of nitrogens with zero attached hydrogens (tertiary/aromatic N) is 2. The topological polar surface area (TPSA) is 108 Å². The average molecular weight is 743 g/mol. The second-order valence-electron chi connectivity index (χ2n) is 12.0. The monoisotopic (exact) mass is 741 g/mol. The van der Waals surface area contributed by atoms with E-state index in [9.17, 15) is 9.59 Å². The Kier molecular flexibility index (Phi) is 13.4. The minimum absolute atomic E-state index is 0.196. The molecule has 0 radical (unpaired) electrons. The molecule has 0 saturated carbocycles. The zero-order valence-corrected chi connectivity index (χ0v) is 30.8. The predicted octanol–water partition coefficient (Wildman–Crippen LogP) is 7.33. The lowest BCUT2D eigenvalue weighted by Gasteiger charge is -2.29. The summed E-state index contributed by atoms with van der Waals surface area (Å²) in [5.74, 6) is 1.02. The van der Waals surface area contributed by atoms with E-state index in [1.165, 1.54) is 30.8 Å². The van der Waals surface area contributed by atoms with Gasteiger partial charge in [-0.15, -0.1) is 11.3 Å². The number of likely N-dealkylation sites (tertiary alicyclic amines) is 1. The van der Waals surface area contributed by atoms with Crippen LogP contribution in [-0.4, -0.2) is 69.9 Å². The van der Waals surface area contributed by atoms with Crippen molar-refractivity contribution in [1.29, 1.82) is 0 Å². The normalized spacial score (nSPS) is 14.8. The van der Waals surface area contributed by atoms with Gasteiger partial charge < -0.3 is 28.6 Å². The number of thiophene rings is 1. The first kappa shape index (κ1) is 37.4. The minimum Gasteiger partial charge on any atom is -0.496 e. The Labute approximate surface area is 306 Å². The van der Waals surface area contributed by atoms with Gasteiger partial charge in [-0.2, -0.15) is 0 Å². The van der Waals surface area contributed by atoms with Crippen LogP contribution in [0.3, 0.4) is 0 Å². The van der Waals surface area contributed by atoms with E-state index < -0.39 is 18.1 Å². The molecule has 2 aromatic heterocycles. The third-order valence-electron chi connectivity index (χ3n) is 8.70. The van der Waals surface area contributed by atoms with Crippen LogP contribution >= 0.6 is 34.5 Å². The number of piperidine rings is 1. The molecule has 1 aliphatic rings. The smallest absolute Gasteiger partial charge is 0.348 e. The van der Waals surface area contributed by atoms with E-state index in [0.29, 0.717) is 67.9 Å². The first-order valence-corrected chi connectivity index (χ1v) is 17.8. The highest BCUT2D eigenvalue weighted by Gasteiger charge is 2.28. The van der Waals surface area contributed by atoms with Gasteiger partial charge in [-0.1, -0.05) is 47.5 Å². The van der Waals surface area contributed by atoms with Crippen LogP contribution in [0.15, 0.2) is 67.0 Å². The van der Waals surface area contributed by atoms with Crippen molar-refractivity contribution in [3.05, 3.63) is 103 Å². The molecule has 0 spiro atoms. The Hall–Kier alpha value is -3.87. The summed E-state index contributed by atoms with van der Waals surface area (Å²) >= 11 is 14.2. The molecule has 2 atom stereocenters. The van der Waals surface area contributed by atoms with E-state index in [-0.39, 0.29) is 12.4 Å². The highest BCUT2D eigenvalue weighted by Crippen LogP contribution is 2.36. The van der Waals surface area contributed by atoms with Crippen molar-refractivity contribution in [1.82, 2.24) is 15.2 Å². The van der Waals surface area contributed by atoms with Crippen LogP contribution in [0.25, 0.3) is 0 Å². The fourth-order valence-corrected chi connectivity index (χ4v) is 7.17. The van der Waals surface area contributed by atoms with Gasteiger partial charge in [-0.25, -0.2) is 9.59 Å². The standard InChI is InChI=1S/C37H41Cl2N3O7S/c1-42-15-13-23(14-16-42)22-48-37(44)35(26-7-5-6-8-30(26)45-2)41-19-25-10-12-34(50-25)36(43)49-32(18-27-28(38)20-40-21-29(27)39)24-9-11-31(46-3)33(17-24)47-4/h5-12,17,20-21,23,32,35,41H,13-16,18-19,22H2,1-4H3/t32-,35?/m0/s1. The van der Waals surface area contributed by atoms with E-state index in [0.717, 1.165) is 30.8 Å². The van der Waals surface area contributed by atoms with Crippen LogP contribution in [-0.2, 0) is 27.2 Å². The number of benzene rings is 2. The molecular formula is C37H41Cl2N3O7S. The average Bonchev–Trinajstić information content (AvgIpc) is 3.61. The van der Waals surface area contributed by atoms with Gasteiger partial charge in [-0.05, 0) is 80.4 Å². The van der Waals surface area contributed by atoms with Gasteiger partial charge in [0.2, 0.25) is 0 Å². The summed E-state index contributed by atoms with van der Waals surface area (Å²) in [6.07, 6.45) is 4.40. The van der Waals surface area contributed by atoms with Crippen LogP contribution in [0.5, 0.6) is 17.2 Å². The van der Waals surface area contributed by atoms with E-state index >= 15 is 0 Å². The summed E-state index contributed by atoms with van der Waals surface area (Å²) in [6, 6.07) is 15.4. The molecule has 0 amide bonds. The quantitative estimate of drug-likeness (QED) is 0.124. The van der Waals surface area contributed by atoms with Crippen molar-refractivity contribution in [3.63, 3.8) is 0 Å². The number of rotatable bonds is 15. The number of para-hydroxylation sites is 1. The minimum atomic E-state index is -0.779. The number of hydrogen-bond donors (Lipinski definition) is 1. The Morgan fingerprint density at radius 3 is 2.34 bits per heavy atom. The lowest BCUT2D eigenvalue weighted by atomic mass is 9.98. The van der Waals surface area contributed by atoms with E-state index in [1.807, 2.05) is 30.3 Å². The van der Waals surface area contributed by atoms with Crippen LogP contribution in [0.2, 0.25) is 10.0 Å². The van der Waals surface area contributed by atoms with E-state index in [1.54, 1.807) is 38.5 Å². The second-order valence-corrected chi connectivity index (χ2v) is 14.0. The van der Waals surface area contributed by atoms with Crippen molar-refractivity contribution in [2.24, 2.45) is 5.92 Å². The van der Waals surface area contributed by atoms with Crippen molar-refractivity contribution < 1.29 is 33.3 Å². The molecule has 1 aliphatic heterocycles. The maximum Gasteiger partial charge on any atom is 0.348 e. The summed E-state index contributed by atoms with van der Waals surface area (Å²) in [6.45, 7) is 2.64. The maximum atomic E-state index is 13.6. The molecule has 0 aliphatic carbocycles. The first-order chi connectivity index (χ1) is 24.2. The number of nitrogens with one attached hydrogen (secondary N) is 1. The second kappa shape index (κ2) is 17.9. The Morgan fingerprint density at radius 1 is 0.940 bits per heavy atom. The Balaban J connectivity index is 1.31. The van der Waals surface area contributed by atoms with Gasteiger partial charge in [0.05, 0.1) is 38.0 Å². The molecule has 3 heterocycles. The van der Waals surface area contributed by atoms with Gasteiger partial charge in [0, 0.05) is 35.8 Å². The van der Waals surface area contributed by atoms with Crippen LogP contribution < -0.4 is 19.5 Å². The van der Waals surface area contributed by atoms with Gasteiger partial charge >= 0.3 is 11.9 Å². The third kappa shape index (κ3) is 9.46. The Bertz CT molecular complexity index is 1740. The fraction of sp³-hybridized carbons (Fsp3) is 0.378. The number of carbonyl (C=O) groups excluding carboxylic acids is 2. The van der Waals surface area contributed by atoms with Crippen molar-refractivity contribution >= 4 is 46.5 Å². The van der Waals surface area contributed by atoms with Gasteiger partial charge in [-0.3, -0.25) is 10.3 Å². The summed E-state index contributed by atoms with van der Waals surface area (Å²) in [5, 5.41) is 4.06. The highest BCUT2D eigenvalue weighted by molar-refractivity contribution is 7.13. The van der Waals surface area contributed by atoms with E-state index in [4.69, 9.17) is 46.9 Å². The predicted molar refractivity (Wildman–Crippen MR) is 194 cm³/mol. The molecule has 1 N–H and O–H groups in total. The molecule has 1 saturated heterocycles. The highest BCUT2D eigenvalue weighted by atomic mass is 35.5. The van der Waals surface area contributed by atoms with Crippen LogP contribution in [0.4, 0.5) is 0 Å². The lowest BCUT2D eigenvalue weighted by Crippen LogP contribution is -2.34. The molecule has 4 aromatic rings. The molecule has 2 aromatic carbocycles. The van der Waals surface area contributed by atoms with Crippen molar-refractivity contribution in [2.45, 2.75) is 38.0 Å². The number of halogens is 2. The summed E-state index contributed by atoms with van der Waals surface area (Å²) in [5.41, 5.74) is 1.93. The number of esters is 2. The lowest BCUT2D eigenvalue weighted by molar-refractivity contribution is -0.148. The zero-order chi connectivity index (χ0) is 35.6. The third-order valence-corrected chi connectivity index (χ3v) is 10.4. The molecule has 10 nitrogen and oxygen atoms in total. The molecule has 1 fully saturated rings. The molecule has 50 heavy (non-hydrogen) atoms. The number of hydrogen-bond acceptors (Lipinski definition) is 11. The molecule has 0 bridgehead atoms. The molecular weight excluding hydrogens is 701 g/mol. The molecule has 266 valence electrons. The SMILES string of the molecule is COc1ccc([C@H](Cc2c(Cl)cncc2Cl)OC(=O)c2ccc(CNC(C(=O)OCC3CCN(C)CC3)c3ccccc3OC)s2)cc1OC. The maximum absolute atomic E-state index is 13.6. The van der Waals surface area contributed by atoms with Crippen LogP contribution in [0.1, 0.15) is 56.2 Å². The largest absolute Gasteiger partial charge is 0.496 e. The number of methoxy groups -OCH3 is 3. The number of aromatic nitrogens is 1.